The molecular formula is C23H26N2O7S2. The van der Waals surface area contributed by atoms with E-state index in [4.69, 9.17) is 14.2 Å². The van der Waals surface area contributed by atoms with Gasteiger partial charge in [0, 0.05) is 19.2 Å². The average Bonchev–Trinajstić information content (AvgIpc) is 2.86. The smallest absolute Gasteiger partial charge is 0.246 e. The van der Waals surface area contributed by atoms with Crippen LogP contribution in [0.4, 0.5) is 0 Å². The second-order valence-corrected chi connectivity index (χ2v) is 10.5. The Kier molecular flexibility index (Phi) is 8.15. The first kappa shape index (κ1) is 25.5. The molecule has 0 spiro atoms. The SMILES string of the molecule is COc1cc(S(=O)(=O)NCc2ccccc2)c(S(=O)(=O)NCc2ccccc2)c(OC)c1OC. The minimum Gasteiger partial charge on any atom is -0.493 e. The summed E-state index contributed by atoms with van der Waals surface area (Å²) in [5.74, 6) is -0.337. The van der Waals surface area contributed by atoms with Gasteiger partial charge in [0.1, 0.15) is 9.79 Å². The summed E-state index contributed by atoms with van der Waals surface area (Å²) in [6.07, 6.45) is 0. The van der Waals surface area contributed by atoms with Crippen molar-refractivity contribution in [2.75, 3.05) is 21.3 Å². The van der Waals surface area contributed by atoms with E-state index in [-0.39, 0.29) is 30.3 Å². The van der Waals surface area contributed by atoms with Gasteiger partial charge in [0.25, 0.3) is 0 Å². The first-order valence-electron chi connectivity index (χ1n) is 10.1. The molecule has 3 rings (SSSR count). The number of rotatable bonds is 11. The molecule has 0 radical (unpaired) electrons. The second-order valence-electron chi connectivity index (χ2n) is 7.09. The van der Waals surface area contributed by atoms with Gasteiger partial charge < -0.3 is 14.2 Å². The molecule has 11 heteroatoms. The standard InChI is InChI=1S/C23H26N2O7S2/c1-30-19-14-20(33(26,27)24-15-17-10-6-4-7-11-17)23(22(32-3)21(19)31-2)34(28,29)25-16-18-12-8-5-9-13-18/h4-14,24-25H,15-16H2,1-3H3. The van der Waals surface area contributed by atoms with Crippen LogP contribution in [-0.2, 0) is 33.1 Å². The lowest BCUT2D eigenvalue weighted by Crippen LogP contribution is -2.29. The monoisotopic (exact) mass is 506 g/mol. The lowest BCUT2D eigenvalue weighted by Gasteiger charge is -2.20. The molecule has 9 nitrogen and oxygen atoms in total. The van der Waals surface area contributed by atoms with Gasteiger partial charge in [0.05, 0.1) is 21.3 Å². The summed E-state index contributed by atoms with van der Waals surface area (Å²) in [4.78, 5) is -1.11. The summed E-state index contributed by atoms with van der Waals surface area (Å²) in [5.41, 5.74) is 1.39. The Morgan fingerprint density at radius 2 is 1.12 bits per heavy atom. The molecule has 3 aromatic rings. The third kappa shape index (κ3) is 5.68. The van der Waals surface area contributed by atoms with Gasteiger partial charge in [-0.25, -0.2) is 26.3 Å². The summed E-state index contributed by atoms with van der Waals surface area (Å²) in [6.45, 7) is -0.103. The van der Waals surface area contributed by atoms with Gasteiger partial charge in [0.2, 0.25) is 25.8 Å². The number of benzene rings is 3. The van der Waals surface area contributed by atoms with Crippen molar-refractivity contribution in [3.05, 3.63) is 77.9 Å². The summed E-state index contributed by atoms with van der Waals surface area (Å²) >= 11 is 0. The fraction of sp³-hybridized carbons (Fsp3) is 0.217. The van der Waals surface area contributed by atoms with Crippen LogP contribution in [-0.4, -0.2) is 38.2 Å². The predicted molar refractivity (Wildman–Crippen MR) is 127 cm³/mol. The predicted octanol–water partition coefficient (Wildman–Crippen LogP) is 2.67. The summed E-state index contributed by atoms with van der Waals surface area (Å²) in [7, 11) is -4.88. The van der Waals surface area contributed by atoms with Crippen LogP contribution in [0.25, 0.3) is 0 Å². The Hall–Kier alpha value is -3.12. The van der Waals surface area contributed by atoms with Crippen molar-refractivity contribution in [1.82, 2.24) is 9.44 Å². The van der Waals surface area contributed by atoms with Crippen LogP contribution in [0.2, 0.25) is 0 Å². The quantitative estimate of drug-likeness (QED) is 0.410. The van der Waals surface area contributed by atoms with E-state index in [1.807, 2.05) is 0 Å². The van der Waals surface area contributed by atoms with Gasteiger partial charge >= 0.3 is 0 Å². The molecule has 0 aromatic heterocycles. The van der Waals surface area contributed by atoms with Gasteiger partial charge in [-0.05, 0) is 11.1 Å². The molecule has 0 saturated carbocycles. The molecule has 34 heavy (non-hydrogen) atoms. The van der Waals surface area contributed by atoms with E-state index in [0.29, 0.717) is 11.1 Å². The van der Waals surface area contributed by atoms with Crippen molar-refractivity contribution in [3.63, 3.8) is 0 Å². The zero-order valence-corrected chi connectivity index (χ0v) is 20.6. The van der Waals surface area contributed by atoms with Crippen LogP contribution in [0.3, 0.4) is 0 Å². The second kappa shape index (κ2) is 10.9. The van der Waals surface area contributed by atoms with Crippen LogP contribution in [0, 0.1) is 0 Å². The Labute approximate surface area is 199 Å². The summed E-state index contributed by atoms with van der Waals surface area (Å²) in [5, 5.41) is 0. The highest BCUT2D eigenvalue weighted by molar-refractivity contribution is 7.92. The first-order chi connectivity index (χ1) is 16.2. The average molecular weight is 507 g/mol. The van der Waals surface area contributed by atoms with Gasteiger partial charge in [-0.2, -0.15) is 0 Å². The number of nitrogens with one attached hydrogen (secondary N) is 2. The molecule has 0 aliphatic rings. The van der Waals surface area contributed by atoms with E-state index in [2.05, 4.69) is 9.44 Å². The van der Waals surface area contributed by atoms with Crippen LogP contribution in [0.1, 0.15) is 11.1 Å². The third-order valence-corrected chi connectivity index (χ3v) is 7.95. The molecular weight excluding hydrogens is 480 g/mol. The van der Waals surface area contributed by atoms with Gasteiger partial charge in [-0.15, -0.1) is 0 Å². The fourth-order valence-electron chi connectivity index (χ4n) is 3.26. The van der Waals surface area contributed by atoms with Crippen molar-refractivity contribution in [2.24, 2.45) is 0 Å². The highest BCUT2D eigenvalue weighted by Crippen LogP contribution is 2.45. The Bertz CT molecular complexity index is 1330. The lowest BCUT2D eigenvalue weighted by atomic mass is 10.2. The molecule has 0 bridgehead atoms. The topological polar surface area (TPSA) is 120 Å². The van der Waals surface area contributed by atoms with Gasteiger partial charge in [-0.1, -0.05) is 60.7 Å². The molecule has 0 amide bonds. The van der Waals surface area contributed by atoms with Gasteiger partial charge in [-0.3, -0.25) is 0 Å². The van der Waals surface area contributed by atoms with Gasteiger partial charge in [0.15, 0.2) is 11.5 Å². The van der Waals surface area contributed by atoms with Crippen molar-refractivity contribution in [2.45, 2.75) is 22.9 Å². The van der Waals surface area contributed by atoms with Crippen LogP contribution >= 0.6 is 0 Å². The van der Waals surface area contributed by atoms with Crippen LogP contribution < -0.4 is 23.7 Å². The van der Waals surface area contributed by atoms with E-state index >= 15 is 0 Å². The van der Waals surface area contributed by atoms with E-state index in [1.54, 1.807) is 60.7 Å². The fourth-order valence-corrected chi connectivity index (χ4v) is 6.27. The Morgan fingerprint density at radius 3 is 1.56 bits per heavy atom. The maximum Gasteiger partial charge on any atom is 0.246 e. The zero-order chi connectivity index (χ0) is 24.8. The number of sulfonamides is 2. The minimum absolute atomic E-state index is 0.00134. The van der Waals surface area contributed by atoms with Crippen LogP contribution in [0.5, 0.6) is 17.2 Å². The molecule has 0 aliphatic carbocycles. The molecule has 0 heterocycles. The zero-order valence-electron chi connectivity index (χ0n) is 18.9. The molecule has 0 aliphatic heterocycles. The largest absolute Gasteiger partial charge is 0.493 e. The van der Waals surface area contributed by atoms with Crippen molar-refractivity contribution >= 4 is 20.0 Å². The maximum absolute atomic E-state index is 13.4. The van der Waals surface area contributed by atoms with Crippen molar-refractivity contribution in [3.8, 4) is 17.2 Å². The third-order valence-electron chi connectivity index (χ3n) is 4.93. The minimum atomic E-state index is -4.39. The molecule has 2 N–H and O–H groups in total. The summed E-state index contributed by atoms with van der Waals surface area (Å²) in [6, 6.07) is 18.8. The molecule has 0 unspecified atom stereocenters. The normalized spacial score (nSPS) is 11.7. The number of hydrogen-bond donors (Lipinski definition) is 2. The van der Waals surface area contributed by atoms with E-state index in [1.165, 1.54) is 21.3 Å². The van der Waals surface area contributed by atoms with E-state index < -0.39 is 29.8 Å². The van der Waals surface area contributed by atoms with Crippen LogP contribution in [0.15, 0.2) is 76.5 Å². The number of hydrogen-bond acceptors (Lipinski definition) is 7. The molecule has 0 saturated heterocycles. The highest BCUT2D eigenvalue weighted by Gasteiger charge is 2.35. The molecule has 0 atom stereocenters. The Morgan fingerprint density at radius 1 is 0.647 bits per heavy atom. The molecule has 3 aromatic carbocycles. The lowest BCUT2D eigenvalue weighted by molar-refractivity contribution is 0.315. The maximum atomic E-state index is 13.4. The van der Waals surface area contributed by atoms with E-state index in [9.17, 15) is 16.8 Å². The van der Waals surface area contributed by atoms with Crippen molar-refractivity contribution in [1.29, 1.82) is 0 Å². The van der Waals surface area contributed by atoms with Crippen molar-refractivity contribution < 1.29 is 31.0 Å². The summed E-state index contributed by atoms with van der Waals surface area (Å²) < 4.78 is 74.3. The number of ether oxygens (including phenoxy) is 3. The van der Waals surface area contributed by atoms with E-state index in [0.717, 1.165) is 6.07 Å². The highest BCUT2D eigenvalue weighted by atomic mass is 32.2. The molecule has 0 fully saturated rings. The number of methoxy groups -OCH3 is 3. The Balaban J connectivity index is 2.12. The first-order valence-corrected chi connectivity index (χ1v) is 13.1. The molecule has 182 valence electrons.